The van der Waals surface area contributed by atoms with E-state index in [-0.39, 0.29) is 12.4 Å². The average Bonchev–Trinajstić information content (AvgIpc) is 2.28. The Morgan fingerprint density at radius 1 is 1.53 bits per heavy atom. The smallest absolute Gasteiger partial charge is 0.335 e. The van der Waals surface area contributed by atoms with Gasteiger partial charge in [0.25, 0.3) is 0 Å². The Morgan fingerprint density at radius 3 is 2.80 bits per heavy atom. The molecule has 0 aromatic rings. The molecule has 1 aliphatic heterocycles. The summed E-state index contributed by atoms with van der Waals surface area (Å²) in [7, 11) is 1.33. The highest BCUT2D eigenvalue weighted by Gasteiger charge is 2.22. The highest BCUT2D eigenvalue weighted by atomic mass is 16.7. The Labute approximate surface area is 90.2 Å². The summed E-state index contributed by atoms with van der Waals surface area (Å²) in [5.74, 6) is -0.432. The Balaban J connectivity index is 2.36. The van der Waals surface area contributed by atoms with Crippen molar-refractivity contribution >= 4 is 5.97 Å². The van der Waals surface area contributed by atoms with Crippen molar-refractivity contribution in [2.45, 2.75) is 38.6 Å². The molecule has 0 aliphatic carbocycles. The molecule has 1 rings (SSSR count). The molecule has 86 valence electrons. The number of carbonyl (C=O) groups excluding carboxylic acids is 1. The van der Waals surface area contributed by atoms with Crippen LogP contribution < -0.4 is 0 Å². The van der Waals surface area contributed by atoms with E-state index < -0.39 is 5.97 Å². The SMILES string of the molecule is C=C(C(=O)OC)C(C)OC1CCCCO1. The molecule has 0 spiro atoms. The number of hydrogen-bond acceptors (Lipinski definition) is 4. The van der Waals surface area contributed by atoms with Gasteiger partial charge in [0, 0.05) is 6.61 Å². The molecule has 2 atom stereocenters. The topological polar surface area (TPSA) is 44.8 Å². The van der Waals surface area contributed by atoms with E-state index in [2.05, 4.69) is 11.3 Å². The lowest BCUT2D eigenvalue weighted by Crippen LogP contribution is -2.29. The second-order valence-corrected chi connectivity index (χ2v) is 3.59. The Bertz CT molecular complexity index is 231. The van der Waals surface area contributed by atoms with Crippen LogP contribution in [-0.4, -0.2) is 32.1 Å². The van der Waals surface area contributed by atoms with Crippen molar-refractivity contribution in [2.75, 3.05) is 13.7 Å². The molecule has 1 saturated heterocycles. The number of rotatable bonds is 4. The van der Waals surface area contributed by atoms with Gasteiger partial charge in [-0.05, 0) is 26.2 Å². The first-order valence-corrected chi connectivity index (χ1v) is 5.19. The van der Waals surface area contributed by atoms with E-state index >= 15 is 0 Å². The van der Waals surface area contributed by atoms with E-state index in [9.17, 15) is 4.79 Å². The largest absolute Gasteiger partial charge is 0.466 e. The highest BCUT2D eigenvalue weighted by Crippen LogP contribution is 2.17. The maximum Gasteiger partial charge on any atom is 0.335 e. The van der Waals surface area contributed by atoms with E-state index in [4.69, 9.17) is 9.47 Å². The van der Waals surface area contributed by atoms with Gasteiger partial charge in [0.1, 0.15) is 0 Å². The van der Waals surface area contributed by atoms with Gasteiger partial charge in [-0.25, -0.2) is 4.79 Å². The van der Waals surface area contributed by atoms with Crippen molar-refractivity contribution in [3.8, 4) is 0 Å². The predicted molar refractivity (Wildman–Crippen MR) is 55.3 cm³/mol. The monoisotopic (exact) mass is 214 g/mol. The Hall–Kier alpha value is -0.870. The van der Waals surface area contributed by atoms with Gasteiger partial charge in [0.2, 0.25) is 0 Å². The number of methoxy groups -OCH3 is 1. The van der Waals surface area contributed by atoms with Gasteiger partial charge in [-0.15, -0.1) is 0 Å². The van der Waals surface area contributed by atoms with Crippen molar-refractivity contribution in [1.29, 1.82) is 0 Å². The van der Waals surface area contributed by atoms with Crippen LogP contribution in [0.4, 0.5) is 0 Å². The molecular weight excluding hydrogens is 196 g/mol. The molecule has 0 aromatic heterocycles. The van der Waals surface area contributed by atoms with E-state index in [1.807, 2.05) is 0 Å². The van der Waals surface area contributed by atoms with Crippen LogP contribution in [0.15, 0.2) is 12.2 Å². The fourth-order valence-electron chi connectivity index (χ4n) is 1.43. The Kier molecular flexibility index (Phi) is 4.78. The van der Waals surface area contributed by atoms with E-state index in [1.54, 1.807) is 6.92 Å². The molecule has 15 heavy (non-hydrogen) atoms. The zero-order valence-electron chi connectivity index (χ0n) is 9.32. The number of hydrogen-bond donors (Lipinski definition) is 0. The minimum absolute atomic E-state index is 0.213. The third-order valence-electron chi connectivity index (χ3n) is 2.43. The van der Waals surface area contributed by atoms with Crippen molar-refractivity contribution in [3.63, 3.8) is 0 Å². The number of esters is 1. The summed E-state index contributed by atoms with van der Waals surface area (Å²) in [4.78, 5) is 11.2. The predicted octanol–water partition coefficient (Wildman–Crippen LogP) is 1.65. The minimum atomic E-state index is -0.432. The first-order chi connectivity index (χ1) is 7.15. The molecular formula is C11H18O4. The van der Waals surface area contributed by atoms with Crippen LogP contribution in [0.5, 0.6) is 0 Å². The lowest BCUT2D eigenvalue weighted by atomic mass is 10.2. The summed E-state index contributed by atoms with van der Waals surface area (Å²) in [5.41, 5.74) is 0.326. The summed E-state index contributed by atoms with van der Waals surface area (Å²) >= 11 is 0. The highest BCUT2D eigenvalue weighted by molar-refractivity contribution is 5.88. The van der Waals surface area contributed by atoms with Gasteiger partial charge in [-0.2, -0.15) is 0 Å². The van der Waals surface area contributed by atoms with Crippen LogP contribution in [0.1, 0.15) is 26.2 Å². The fraction of sp³-hybridized carbons (Fsp3) is 0.727. The van der Waals surface area contributed by atoms with E-state index in [0.29, 0.717) is 5.57 Å². The number of ether oxygens (including phenoxy) is 3. The van der Waals surface area contributed by atoms with E-state index in [0.717, 1.165) is 25.9 Å². The molecule has 0 amide bonds. The van der Waals surface area contributed by atoms with Crippen LogP contribution in [0.2, 0.25) is 0 Å². The van der Waals surface area contributed by atoms with Gasteiger partial charge in [-0.3, -0.25) is 0 Å². The summed E-state index contributed by atoms with van der Waals surface area (Å²) in [6.07, 6.45) is 2.48. The molecule has 1 fully saturated rings. The lowest BCUT2D eigenvalue weighted by molar-refractivity contribution is -0.179. The lowest BCUT2D eigenvalue weighted by Gasteiger charge is -2.26. The van der Waals surface area contributed by atoms with E-state index in [1.165, 1.54) is 7.11 Å². The molecule has 0 bridgehead atoms. The normalized spacial score (nSPS) is 23.2. The van der Waals surface area contributed by atoms with Crippen molar-refractivity contribution in [1.82, 2.24) is 0 Å². The van der Waals surface area contributed by atoms with Gasteiger partial charge >= 0.3 is 5.97 Å². The minimum Gasteiger partial charge on any atom is -0.466 e. The second kappa shape index (κ2) is 5.88. The second-order valence-electron chi connectivity index (χ2n) is 3.59. The molecule has 4 heteroatoms. The Morgan fingerprint density at radius 2 is 2.27 bits per heavy atom. The molecule has 0 N–H and O–H groups in total. The molecule has 0 saturated carbocycles. The van der Waals surface area contributed by atoms with Gasteiger partial charge in [0.15, 0.2) is 6.29 Å². The molecule has 0 aromatic carbocycles. The average molecular weight is 214 g/mol. The maximum atomic E-state index is 11.2. The zero-order valence-corrected chi connectivity index (χ0v) is 9.32. The van der Waals surface area contributed by atoms with Crippen LogP contribution in [-0.2, 0) is 19.0 Å². The summed E-state index contributed by atoms with van der Waals surface area (Å²) in [6.45, 7) is 6.14. The number of carbonyl (C=O) groups is 1. The molecule has 2 unspecified atom stereocenters. The molecule has 0 radical (unpaired) electrons. The standard InChI is InChI=1S/C11H18O4/c1-8(11(12)13-3)9(2)15-10-6-4-5-7-14-10/h9-10H,1,4-7H2,2-3H3. The summed E-state index contributed by atoms with van der Waals surface area (Å²) in [6, 6.07) is 0. The van der Waals surface area contributed by atoms with Crippen molar-refractivity contribution < 1.29 is 19.0 Å². The van der Waals surface area contributed by atoms with Crippen LogP contribution in [0.25, 0.3) is 0 Å². The molecule has 4 nitrogen and oxygen atoms in total. The maximum absolute atomic E-state index is 11.2. The van der Waals surface area contributed by atoms with Crippen LogP contribution in [0, 0.1) is 0 Å². The van der Waals surface area contributed by atoms with Crippen LogP contribution in [0.3, 0.4) is 0 Å². The van der Waals surface area contributed by atoms with Gasteiger partial charge in [-0.1, -0.05) is 6.58 Å². The van der Waals surface area contributed by atoms with Gasteiger partial charge in [0.05, 0.1) is 18.8 Å². The quantitative estimate of drug-likeness (QED) is 0.527. The third kappa shape index (κ3) is 3.64. The van der Waals surface area contributed by atoms with Crippen molar-refractivity contribution in [2.24, 2.45) is 0 Å². The van der Waals surface area contributed by atoms with Crippen molar-refractivity contribution in [3.05, 3.63) is 12.2 Å². The van der Waals surface area contributed by atoms with Crippen LogP contribution >= 0.6 is 0 Å². The van der Waals surface area contributed by atoms with Gasteiger partial charge < -0.3 is 14.2 Å². The fourth-order valence-corrected chi connectivity index (χ4v) is 1.43. The zero-order chi connectivity index (χ0) is 11.3. The molecule has 1 heterocycles. The third-order valence-corrected chi connectivity index (χ3v) is 2.43. The summed E-state index contributed by atoms with van der Waals surface area (Å²) < 4.78 is 15.5. The molecule has 1 aliphatic rings. The summed E-state index contributed by atoms with van der Waals surface area (Å²) in [5, 5.41) is 0. The first kappa shape index (κ1) is 12.2. The first-order valence-electron chi connectivity index (χ1n) is 5.19.